The number of halogens is 3. The van der Waals surface area contributed by atoms with Gasteiger partial charge in [-0.15, -0.1) is 11.3 Å². The van der Waals surface area contributed by atoms with E-state index in [1.807, 2.05) is 0 Å². The third-order valence-electron chi connectivity index (χ3n) is 2.72. The summed E-state index contributed by atoms with van der Waals surface area (Å²) in [6, 6.07) is 2.54. The van der Waals surface area contributed by atoms with Gasteiger partial charge >= 0.3 is 6.18 Å². The van der Waals surface area contributed by atoms with Gasteiger partial charge in [-0.25, -0.2) is 9.97 Å². The molecule has 108 valence electrons. The molecule has 0 aliphatic carbocycles. The molecule has 0 aliphatic heterocycles. The molecule has 0 saturated heterocycles. The molecule has 3 rings (SSSR count). The number of aromatic nitrogens is 4. The molecule has 0 radical (unpaired) electrons. The van der Waals surface area contributed by atoms with Crippen LogP contribution in [-0.4, -0.2) is 19.7 Å². The van der Waals surface area contributed by atoms with Gasteiger partial charge in [0.2, 0.25) is 0 Å². The van der Waals surface area contributed by atoms with E-state index in [1.54, 1.807) is 6.07 Å². The van der Waals surface area contributed by atoms with Crippen LogP contribution in [0.15, 0.2) is 40.9 Å². The second-order valence-electron chi connectivity index (χ2n) is 4.07. The minimum atomic E-state index is -4.42. The number of nitrogens with one attached hydrogen (secondary N) is 1. The number of H-pyrrole nitrogens is 1. The molecule has 0 spiro atoms. The Hall–Kier alpha value is -2.42. The lowest BCUT2D eigenvalue weighted by Crippen LogP contribution is -2.17. The Balaban J connectivity index is 2.04. The van der Waals surface area contributed by atoms with Crippen LogP contribution in [0.5, 0.6) is 0 Å². The topological polar surface area (TPSA) is 63.6 Å². The van der Waals surface area contributed by atoms with E-state index in [4.69, 9.17) is 0 Å². The summed E-state index contributed by atoms with van der Waals surface area (Å²) in [5, 5.41) is 3.62. The highest BCUT2D eigenvalue weighted by molar-refractivity contribution is 7.13. The molecule has 9 heteroatoms. The van der Waals surface area contributed by atoms with E-state index < -0.39 is 17.3 Å². The molecule has 0 aliphatic rings. The van der Waals surface area contributed by atoms with Crippen molar-refractivity contribution in [1.29, 1.82) is 0 Å². The maximum absolute atomic E-state index is 12.6. The van der Waals surface area contributed by atoms with Gasteiger partial charge in [0.05, 0.1) is 11.1 Å². The molecule has 0 amide bonds. The minimum Gasteiger partial charge on any atom is -0.295 e. The first-order valence-corrected chi connectivity index (χ1v) is 6.59. The molecule has 0 unspecified atom stereocenters. The van der Waals surface area contributed by atoms with Crippen LogP contribution in [0.4, 0.5) is 13.2 Å². The van der Waals surface area contributed by atoms with Gasteiger partial charge in [-0.05, 0) is 12.1 Å². The van der Waals surface area contributed by atoms with Crippen LogP contribution in [0.25, 0.3) is 16.4 Å². The van der Waals surface area contributed by atoms with E-state index in [0.717, 1.165) is 27.5 Å². The van der Waals surface area contributed by atoms with E-state index in [2.05, 4.69) is 15.1 Å². The van der Waals surface area contributed by atoms with Crippen molar-refractivity contribution in [2.75, 3.05) is 0 Å². The van der Waals surface area contributed by atoms with Gasteiger partial charge in [-0.1, -0.05) is 0 Å². The summed E-state index contributed by atoms with van der Waals surface area (Å²) >= 11 is 0.858. The highest BCUT2D eigenvalue weighted by Crippen LogP contribution is 2.35. The third kappa shape index (κ3) is 2.47. The second-order valence-corrected chi connectivity index (χ2v) is 4.99. The number of alkyl halides is 3. The lowest BCUT2D eigenvalue weighted by atomic mass is 10.2. The standard InChI is InChI=1S/C12H7F3N4OS/c13-12(14,15)7-4-9(21-6-7)8-5-18-19(10(8)20)11-16-2-1-3-17-11/h1-6,18H. The van der Waals surface area contributed by atoms with Gasteiger partial charge in [-0.2, -0.15) is 17.9 Å². The molecule has 3 heterocycles. The van der Waals surface area contributed by atoms with Crippen molar-refractivity contribution in [2.24, 2.45) is 0 Å². The third-order valence-corrected chi connectivity index (χ3v) is 3.68. The Morgan fingerprint density at radius 1 is 1.24 bits per heavy atom. The van der Waals surface area contributed by atoms with E-state index in [9.17, 15) is 18.0 Å². The predicted molar refractivity (Wildman–Crippen MR) is 70.3 cm³/mol. The molecule has 1 N–H and O–H groups in total. The van der Waals surface area contributed by atoms with Crippen LogP contribution in [0.1, 0.15) is 5.56 Å². The second kappa shape index (κ2) is 4.85. The lowest BCUT2D eigenvalue weighted by molar-refractivity contribution is -0.137. The number of hydrogen-bond acceptors (Lipinski definition) is 4. The molecule has 5 nitrogen and oxygen atoms in total. The van der Waals surface area contributed by atoms with Gasteiger partial charge in [0.25, 0.3) is 11.5 Å². The summed E-state index contributed by atoms with van der Waals surface area (Å²) < 4.78 is 38.8. The largest absolute Gasteiger partial charge is 0.417 e. The smallest absolute Gasteiger partial charge is 0.295 e. The first kappa shape index (κ1) is 13.6. The van der Waals surface area contributed by atoms with Crippen LogP contribution in [0.3, 0.4) is 0 Å². The number of thiophene rings is 1. The van der Waals surface area contributed by atoms with Crippen molar-refractivity contribution in [3.05, 3.63) is 52.0 Å². The highest BCUT2D eigenvalue weighted by Gasteiger charge is 2.32. The zero-order chi connectivity index (χ0) is 15.0. The average molecular weight is 312 g/mol. The zero-order valence-corrected chi connectivity index (χ0v) is 11.1. The Bertz CT molecular complexity index is 819. The average Bonchev–Trinajstić information content (AvgIpc) is 3.05. The number of hydrogen-bond donors (Lipinski definition) is 1. The summed E-state index contributed by atoms with van der Waals surface area (Å²) in [7, 11) is 0. The van der Waals surface area contributed by atoms with Gasteiger partial charge in [0.1, 0.15) is 0 Å². The Morgan fingerprint density at radius 3 is 2.57 bits per heavy atom. The molecule has 0 saturated carbocycles. The monoisotopic (exact) mass is 312 g/mol. The van der Waals surface area contributed by atoms with E-state index in [1.165, 1.54) is 18.6 Å². The van der Waals surface area contributed by atoms with Crippen LogP contribution < -0.4 is 5.56 Å². The van der Waals surface area contributed by atoms with Gasteiger partial charge in [0, 0.05) is 28.8 Å². The van der Waals surface area contributed by atoms with Gasteiger partial charge in [-0.3, -0.25) is 9.89 Å². The maximum Gasteiger partial charge on any atom is 0.417 e. The Labute approximate surface area is 119 Å². The molecular weight excluding hydrogens is 305 g/mol. The SMILES string of the molecule is O=c1c(-c2cc(C(F)(F)F)cs2)c[nH]n1-c1ncccn1. The van der Waals surface area contributed by atoms with Crippen molar-refractivity contribution in [2.45, 2.75) is 6.18 Å². The quantitative estimate of drug-likeness (QED) is 0.791. The normalized spacial score (nSPS) is 11.8. The predicted octanol–water partition coefficient (Wildman–Crippen LogP) is 2.70. The number of rotatable bonds is 2. The van der Waals surface area contributed by atoms with E-state index in [-0.39, 0.29) is 16.4 Å². The first-order valence-electron chi connectivity index (χ1n) is 5.71. The molecule has 0 aromatic carbocycles. The van der Waals surface area contributed by atoms with E-state index >= 15 is 0 Å². The highest BCUT2D eigenvalue weighted by atomic mass is 32.1. The van der Waals surface area contributed by atoms with Crippen LogP contribution >= 0.6 is 11.3 Å². The molecule has 0 atom stereocenters. The maximum atomic E-state index is 12.6. The number of aromatic amines is 1. The summed E-state index contributed by atoms with van der Waals surface area (Å²) in [5.41, 5.74) is -1.13. The summed E-state index contributed by atoms with van der Waals surface area (Å²) in [4.78, 5) is 20.3. The lowest BCUT2D eigenvalue weighted by Gasteiger charge is -2.00. The molecule has 3 aromatic rings. The number of nitrogens with zero attached hydrogens (tertiary/aromatic N) is 3. The van der Waals surface area contributed by atoms with Crippen LogP contribution in [-0.2, 0) is 6.18 Å². The molecule has 3 aromatic heterocycles. The van der Waals surface area contributed by atoms with Crippen molar-refractivity contribution in [1.82, 2.24) is 19.7 Å². The summed E-state index contributed by atoms with van der Waals surface area (Å²) in [6.45, 7) is 0. The fourth-order valence-electron chi connectivity index (χ4n) is 1.73. The Morgan fingerprint density at radius 2 is 1.95 bits per heavy atom. The van der Waals surface area contributed by atoms with Crippen LogP contribution in [0, 0.1) is 0 Å². The van der Waals surface area contributed by atoms with Crippen molar-refractivity contribution in [3.63, 3.8) is 0 Å². The fraction of sp³-hybridized carbons (Fsp3) is 0.0833. The van der Waals surface area contributed by atoms with E-state index in [0.29, 0.717) is 0 Å². The zero-order valence-electron chi connectivity index (χ0n) is 10.3. The fourth-order valence-corrected chi connectivity index (χ4v) is 2.65. The van der Waals surface area contributed by atoms with Crippen LogP contribution in [0.2, 0.25) is 0 Å². The molecule has 0 bridgehead atoms. The summed E-state index contributed by atoms with van der Waals surface area (Å²) in [5.74, 6) is 0.126. The minimum absolute atomic E-state index is 0.126. The van der Waals surface area contributed by atoms with Crippen molar-refractivity contribution >= 4 is 11.3 Å². The van der Waals surface area contributed by atoms with Gasteiger partial charge < -0.3 is 0 Å². The molecule has 21 heavy (non-hydrogen) atoms. The van der Waals surface area contributed by atoms with Gasteiger partial charge in [0.15, 0.2) is 0 Å². The van der Waals surface area contributed by atoms with Crippen molar-refractivity contribution in [3.8, 4) is 16.4 Å². The molecular formula is C12H7F3N4OS. The first-order chi connectivity index (χ1) is 9.97. The molecule has 0 fully saturated rings. The summed E-state index contributed by atoms with van der Waals surface area (Å²) in [6.07, 6.45) is -0.165. The van der Waals surface area contributed by atoms with Crippen molar-refractivity contribution < 1.29 is 13.2 Å². The Kier molecular flexibility index (Phi) is 3.13.